The van der Waals surface area contributed by atoms with E-state index in [-0.39, 0.29) is 22.9 Å². The second-order valence-electron chi connectivity index (χ2n) is 16.0. The standard InChI is InChI=1S/C39H55N5O3Si/c1-10-36(45)43-18-19-44(27(3)24-43)37-34-20-26(2)32(23-35(34)40-38(41-37)46-25-29-15-13-17-42(29)7)33-22-30(47-48(8,9)39(4,5)6)21-28-14-11-12-16-31(28)33/h10-12,14,16,21-22,26-27,29,32H,1,13,15,17-20,23-25H2,2-9H3/t26?,27-,29-,32?/m0/s1. The molecule has 0 bridgehead atoms. The van der Waals surface area contributed by atoms with Gasteiger partial charge in [0.15, 0.2) is 0 Å². The average molecular weight is 670 g/mol. The van der Waals surface area contributed by atoms with Gasteiger partial charge >= 0.3 is 6.01 Å². The van der Waals surface area contributed by atoms with E-state index in [1.165, 1.54) is 34.4 Å². The Hall–Kier alpha value is -3.43. The number of aromatic nitrogens is 2. The first-order valence-corrected chi connectivity index (χ1v) is 20.8. The zero-order chi connectivity index (χ0) is 34.4. The molecule has 0 N–H and O–H groups in total. The van der Waals surface area contributed by atoms with Crippen LogP contribution in [0, 0.1) is 5.92 Å². The Morgan fingerprint density at radius 2 is 1.85 bits per heavy atom. The maximum Gasteiger partial charge on any atom is 0.318 e. The van der Waals surface area contributed by atoms with E-state index < -0.39 is 8.32 Å². The highest BCUT2D eigenvalue weighted by Crippen LogP contribution is 2.45. The van der Waals surface area contributed by atoms with E-state index in [1.54, 1.807) is 0 Å². The summed E-state index contributed by atoms with van der Waals surface area (Å²) in [5.41, 5.74) is 3.63. The number of likely N-dealkylation sites (tertiary alicyclic amines) is 1. The Morgan fingerprint density at radius 1 is 1.08 bits per heavy atom. The Bertz CT molecular complexity index is 1670. The van der Waals surface area contributed by atoms with Gasteiger partial charge in [-0.15, -0.1) is 0 Å². The monoisotopic (exact) mass is 669 g/mol. The van der Waals surface area contributed by atoms with E-state index in [0.29, 0.717) is 44.2 Å². The number of likely N-dealkylation sites (N-methyl/N-ethyl adjacent to an activating group) is 1. The minimum absolute atomic E-state index is 0.0145. The first-order chi connectivity index (χ1) is 22.8. The number of hydrogen-bond acceptors (Lipinski definition) is 7. The van der Waals surface area contributed by atoms with Gasteiger partial charge in [0.25, 0.3) is 0 Å². The van der Waals surface area contributed by atoms with Crippen molar-refractivity contribution in [3.63, 3.8) is 0 Å². The van der Waals surface area contributed by atoms with Crippen molar-refractivity contribution in [3.05, 3.63) is 65.9 Å². The largest absolute Gasteiger partial charge is 0.543 e. The lowest BCUT2D eigenvalue weighted by Crippen LogP contribution is -2.54. The predicted octanol–water partition coefficient (Wildman–Crippen LogP) is 7.23. The number of hydrogen-bond donors (Lipinski definition) is 0. The van der Waals surface area contributed by atoms with Gasteiger partial charge < -0.3 is 23.9 Å². The molecule has 3 aromatic rings. The first-order valence-electron chi connectivity index (χ1n) is 17.9. The van der Waals surface area contributed by atoms with Gasteiger partial charge in [0.05, 0.1) is 5.69 Å². The number of benzene rings is 2. The third-order valence-electron chi connectivity index (χ3n) is 11.6. The molecular weight excluding hydrogens is 615 g/mol. The molecule has 1 aromatic heterocycles. The summed E-state index contributed by atoms with van der Waals surface area (Å²) in [6.07, 6.45) is 5.42. The molecular formula is C39H55N5O3Si. The summed E-state index contributed by atoms with van der Waals surface area (Å²) >= 11 is 0. The fraction of sp³-hybridized carbons (Fsp3) is 0.564. The van der Waals surface area contributed by atoms with Crippen LogP contribution in [0.25, 0.3) is 10.8 Å². The van der Waals surface area contributed by atoms with E-state index in [1.807, 2.05) is 4.90 Å². The van der Waals surface area contributed by atoms with E-state index in [9.17, 15) is 4.79 Å². The lowest BCUT2D eigenvalue weighted by Gasteiger charge is -2.42. The summed E-state index contributed by atoms with van der Waals surface area (Å²) in [7, 11) is 0.135. The van der Waals surface area contributed by atoms with Crippen LogP contribution in [-0.4, -0.2) is 85.9 Å². The highest BCUT2D eigenvalue weighted by atomic mass is 28.4. The lowest BCUT2D eigenvalue weighted by molar-refractivity contribution is -0.126. The number of amides is 1. The number of carbonyl (C=O) groups is 1. The Kier molecular flexibility index (Phi) is 9.66. The van der Waals surface area contributed by atoms with Crippen molar-refractivity contribution in [1.82, 2.24) is 19.8 Å². The molecule has 9 heteroatoms. The second-order valence-corrected chi connectivity index (χ2v) is 20.7. The minimum Gasteiger partial charge on any atom is -0.543 e. The molecule has 258 valence electrons. The number of nitrogens with zero attached hydrogens (tertiary/aromatic N) is 5. The third kappa shape index (κ3) is 6.86. The number of anilines is 1. The fourth-order valence-corrected chi connectivity index (χ4v) is 8.57. The van der Waals surface area contributed by atoms with Gasteiger partial charge in [-0.1, -0.05) is 58.5 Å². The molecule has 2 unspecified atom stereocenters. The maximum absolute atomic E-state index is 12.5. The van der Waals surface area contributed by atoms with Gasteiger partial charge in [-0.2, -0.15) is 9.97 Å². The van der Waals surface area contributed by atoms with Crippen molar-refractivity contribution in [2.45, 2.75) is 96.4 Å². The number of ether oxygens (including phenoxy) is 1. The topological polar surface area (TPSA) is 71.0 Å². The molecule has 0 spiro atoms. The normalized spacial score (nSPS) is 23.7. The van der Waals surface area contributed by atoms with E-state index >= 15 is 0 Å². The minimum atomic E-state index is -2.04. The fourth-order valence-electron chi connectivity index (χ4n) is 7.55. The quantitative estimate of drug-likeness (QED) is 0.185. The van der Waals surface area contributed by atoms with Crippen molar-refractivity contribution < 1.29 is 14.0 Å². The van der Waals surface area contributed by atoms with Crippen LogP contribution in [0.1, 0.15) is 70.2 Å². The number of carbonyl (C=O) groups excluding carboxylic acids is 1. The Labute approximate surface area is 288 Å². The first kappa shape index (κ1) is 34.4. The molecule has 3 aliphatic rings. The number of fused-ring (bicyclic) bond motifs is 2. The van der Waals surface area contributed by atoms with Crippen molar-refractivity contribution in [2.75, 3.05) is 44.7 Å². The van der Waals surface area contributed by atoms with Gasteiger partial charge in [-0.3, -0.25) is 4.79 Å². The maximum atomic E-state index is 12.5. The highest BCUT2D eigenvalue weighted by Gasteiger charge is 2.40. The molecule has 2 aliphatic heterocycles. The lowest BCUT2D eigenvalue weighted by atomic mass is 9.74. The summed E-state index contributed by atoms with van der Waals surface area (Å²) in [5, 5.41) is 2.61. The predicted molar refractivity (Wildman–Crippen MR) is 198 cm³/mol. The average Bonchev–Trinajstić information content (AvgIpc) is 3.46. The second kappa shape index (κ2) is 13.5. The van der Waals surface area contributed by atoms with Crippen molar-refractivity contribution in [1.29, 1.82) is 0 Å². The van der Waals surface area contributed by atoms with Gasteiger partial charge in [-0.05, 0) is 111 Å². The molecule has 2 fully saturated rings. The molecule has 6 rings (SSSR count). The van der Waals surface area contributed by atoms with Crippen LogP contribution in [-0.2, 0) is 17.6 Å². The third-order valence-corrected chi connectivity index (χ3v) is 15.9. The molecule has 1 aliphatic carbocycles. The van der Waals surface area contributed by atoms with Gasteiger partial charge in [0.1, 0.15) is 18.2 Å². The summed E-state index contributed by atoms with van der Waals surface area (Å²) in [4.78, 5) is 29.4. The van der Waals surface area contributed by atoms with E-state index in [4.69, 9.17) is 19.1 Å². The summed E-state index contributed by atoms with van der Waals surface area (Å²) in [6.45, 7) is 23.5. The Balaban J connectivity index is 1.38. The summed E-state index contributed by atoms with van der Waals surface area (Å²) in [6, 6.07) is 14.2. The molecule has 8 nitrogen and oxygen atoms in total. The Morgan fingerprint density at radius 3 is 2.54 bits per heavy atom. The van der Waals surface area contributed by atoms with Crippen LogP contribution in [0.2, 0.25) is 18.1 Å². The van der Waals surface area contributed by atoms with Gasteiger partial charge in [-0.25, -0.2) is 0 Å². The van der Waals surface area contributed by atoms with Gasteiger partial charge in [0, 0.05) is 37.3 Å². The molecule has 0 radical (unpaired) electrons. The molecule has 2 saturated heterocycles. The zero-order valence-corrected chi connectivity index (χ0v) is 31.4. The number of piperazine rings is 1. The zero-order valence-electron chi connectivity index (χ0n) is 30.4. The molecule has 4 atom stereocenters. The van der Waals surface area contributed by atoms with E-state index in [0.717, 1.165) is 43.1 Å². The van der Waals surface area contributed by atoms with E-state index in [2.05, 4.69) is 108 Å². The molecule has 1 amide bonds. The molecule has 3 heterocycles. The van der Waals surface area contributed by atoms with Crippen LogP contribution in [0.4, 0.5) is 5.82 Å². The van der Waals surface area contributed by atoms with Crippen LogP contribution < -0.4 is 14.1 Å². The number of rotatable bonds is 8. The van der Waals surface area contributed by atoms with Gasteiger partial charge in [0.2, 0.25) is 14.2 Å². The molecule has 2 aromatic carbocycles. The van der Waals surface area contributed by atoms with Crippen LogP contribution in [0.15, 0.2) is 49.1 Å². The molecule has 48 heavy (non-hydrogen) atoms. The summed E-state index contributed by atoms with van der Waals surface area (Å²) < 4.78 is 13.3. The summed E-state index contributed by atoms with van der Waals surface area (Å²) in [5.74, 6) is 2.56. The van der Waals surface area contributed by atoms with Crippen molar-refractivity contribution in [2.24, 2.45) is 5.92 Å². The van der Waals surface area contributed by atoms with Crippen LogP contribution in [0.5, 0.6) is 11.8 Å². The SMILES string of the molecule is C=CC(=O)N1CCN(c2nc(OC[C@@H]3CCCN3C)nc3c2CC(C)C(c2cc(O[Si](C)(C)C(C)(C)C)cc4ccccc24)C3)[C@@H](C)C1. The smallest absolute Gasteiger partial charge is 0.318 e. The van der Waals surface area contributed by atoms with Crippen LogP contribution in [0.3, 0.4) is 0 Å². The van der Waals surface area contributed by atoms with Crippen molar-refractivity contribution >= 4 is 30.8 Å². The molecule has 0 saturated carbocycles. The highest BCUT2D eigenvalue weighted by molar-refractivity contribution is 6.74. The van der Waals surface area contributed by atoms with Crippen molar-refractivity contribution in [3.8, 4) is 11.8 Å². The van der Waals surface area contributed by atoms with Crippen LogP contribution >= 0.6 is 0 Å².